The average molecular weight is 432 g/mol. The summed E-state index contributed by atoms with van der Waals surface area (Å²) in [4.78, 5) is 28.2. The molecule has 0 bridgehead atoms. The van der Waals surface area contributed by atoms with E-state index in [1.807, 2.05) is 54.6 Å². The highest BCUT2D eigenvalue weighted by Gasteiger charge is 2.57. The summed E-state index contributed by atoms with van der Waals surface area (Å²) in [5, 5.41) is 6.84. The third kappa shape index (κ3) is 3.16. The van der Waals surface area contributed by atoms with E-state index >= 15 is 0 Å². The fraction of sp³-hybridized carbons (Fsp3) is 0.125. The fourth-order valence-electron chi connectivity index (χ4n) is 4.08. The van der Waals surface area contributed by atoms with Crippen LogP contribution in [0.4, 0.5) is 11.4 Å². The molecule has 2 heterocycles. The lowest BCUT2D eigenvalue weighted by molar-refractivity contribution is -0.121. The van der Waals surface area contributed by atoms with E-state index in [4.69, 9.17) is 21.4 Å². The number of halogens is 1. The molecular weight excluding hydrogens is 414 g/mol. The van der Waals surface area contributed by atoms with Crippen LogP contribution in [0.15, 0.2) is 84.0 Å². The van der Waals surface area contributed by atoms with E-state index in [1.54, 1.807) is 36.4 Å². The van der Waals surface area contributed by atoms with Crippen molar-refractivity contribution < 1.29 is 14.3 Å². The van der Waals surface area contributed by atoms with Crippen LogP contribution >= 0.6 is 11.6 Å². The van der Waals surface area contributed by atoms with Crippen LogP contribution in [0.25, 0.3) is 0 Å². The van der Waals surface area contributed by atoms with Gasteiger partial charge in [0.15, 0.2) is 0 Å². The van der Waals surface area contributed by atoms with Crippen LogP contribution in [-0.4, -0.2) is 30.7 Å². The molecular formula is C24H18ClN3O3. The highest BCUT2D eigenvalue weighted by atomic mass is 35.5. The van der Waals surface area contributed by atoms with Gasteiger partial charge in [0.1, 0.15) is 17.7 Å². The summed E-state index contributed by atoms with van der Waals surface area (Å²) in [6, 6.07) is 22.7. The Kier molecular flexibility index (Phi) is 4.71. The topological polar surface area (TPSA) is 62.2 Å². The van der Waals surface area contributed by atoms with Crippen molar-refractivity contribution in [3.63, 3.8) is 0 Å². The third-order valence-electron chi connectivity index (χ3n) is 5.52. The number of amides is 2. The Labute approximate surface area is 184 Å². The number of hydrogen-bond acceptors (Lipinski definition) is 5. The first-order valence-corrected chi connectivity index (χ1v) is 10.2. The van der Waals surface area contributed by atoms with Gasteiger partial charge in [-0.25, -0.2) is 4.90 Å². The molecule has 0 aromatic heterocycles. The number of carbonyl (C=O) groups is 2. The van der Waals surface area contributed by atoms with E-state index in [-0.39, 0.29) is 11.8 Å². The molecule has 0 aliphatic carbocycles. The van der Waals surface area contributed by atoms with E-state index in [0.717, 1.165) is 11.3 Å². The number of nitrogens with zero attached hydrogens (tertiary/aromatic N) is 3. The second-order valence-corrected chi connectivity index (χ2v) is 7.74. The Morgan fingerprint density at radius 3 is 2.26 bits per heavy atom. The Bertz CT molecular complexity index is 1190. The van der Waals surface area contributed by atoms with Gasteiger partial charge in [-0.05, 0) is 60.2 Å². The van der Waals surface area contributed by atoms with Gasteiger partial charge < -0.3 is 4.74 Å². The van der Waals surface area contributed by atoms with E-state index in [1.165, 1.54) is 4.90 Å². The molecule has 0 saturated carbocycles. The molecule has 3 aromatic rings. The van der Waals surface area contributed by atoms with Gasteiger partial charge in [-0.1, -0.05) is 35.9 Å². The predicted octanol–water partition coefficient (Wildman–Crippen LogP) is 4.13. The van der Waals surface area contributed by atoms with Crippen molar-refractivity contribution in [2.45, 2.75) is 6.04 Å². The molecule has 5 rings (SSSR count). The zero-order valence-corrected chi connectivity index (χ0v) is 17.4. The van der Waals surface area contributed by atoms with Gasteiger partial charge in [-0.3, -0.25) is 14.6 Å². The summed E-state index contributed by atoms with van der Waals surface area (Å²) in [5.74, 6) is -0.660. The highest BCUT2D eigenvalue weighted by molar-refractivity contribution is 6.35. The number of anilines is 2. The quantitative estimate of drug-likeness (QED) is 0.583. The molecule has 2 atom stereocenters. The molecule has 0 N–H and O–H groups in total. The second-order valence-electron chi connectivity index (χ2n) is 7.31. The Morgan fingerprint density at radius 1 is 0.871 bits per heavy atom. The number of para-hydroxylation sites is 1. The molecule has 31 heavy (non-hydrogen) atoms. The molecule has 154 valence electrons. The van der Waals surface area contributed by atoms with E-state index < -0.39 is 12.0 Å². The number of imide groups is 1. The zero-order chi connectivity index (χ0) is 21.5. The highest BCUT2D eigenvalue weighted by Crippen LogP contribution is 2.39. The summed E-state index contributed by atoms with van der Waals surface area (Å²) >= 11 is 6.12. The Morgan fingerprint density at radius 2 is 1.58 bits per heavy atom. The standard InChI is InChI=1S/C24H18ClN3O3/c1-31-19-12-10-15(11-13-19)21-20-22(28(26-21)17-7-3-2-4-8-17)24(30)27(23(20)29)18-9-5-6-16(25)14-18/h2-14,20,22H,1H3. The minimum absolute atomic E-state index is 0.315. The summed E-state index contributed by atoms with van der Waals surface area (Å²) in [6.45, 7) is 0. The lowest BCUT2D eigenvalue weighted by Crippen LogP contribution is -2.39. The lowest BCUT2D eigenvalue weighted by Gasteiger charge is -2.22. The summed E-state index contributed by atoms with van der Waals surface area (Å²) in [6.07, 6.45) is 0. The number of hydrogen-bond donors (Lipinski definition) is 0. The van der Waals surface area contributed by atoms with Gasteiger partial charge in [0.2, 0.25) is 5.91 Å². The minimum atomic E-state index is -0.758. The molecule has 1 fully saturated rings. The van der Waals surface area contributed by atoms with Gasteiger partial charge in [-0.2, -0.15) is 5.10 Å². The van der Waals surface area contributed by atoms with Crippen LogP contribution in [0.3, 0.4) is 0 Å². The Hall–Kier alpha value is -3.64. The van der Waals surface area contributed by atoms with Gasteiger partial charge in [0.05, 0.1) is 24.2 Å². The van der Waals surface area contributed by atoms with Crippen LogP contribution in [-0.2, 0) is 9.59 Å². The van der Waals surface area contributed by atoms with E-state index in [9.17, 15) is 9.59 Å². The normalized spacial score (nSPS) is 20.1. The molecule has 0 radical (unpaired) electrons. The van der Waals surface area contributed by atoms with Crippen LogP contribution in [0.2, 0.25) is 5.02 Å². The van der Waals surface area contributed by atoms with Crippen LogP contribution in [0.5, 0.6) is 5.75 Å². The smallest absolute Gasteiger partial charge is 0.259 e. The maximum atomic E-state index is 13.5. The van der Waals surface area contributed by atoms with Gasteiger partial charge in [-0.15, -0.1) is 0 Å². The van der Waals surface area contributed by atoms with Crippen molar-refractivity contribution in [1.82, 2.24) is 0 Å². The minimum Gasteiger partial charge on any atom is -0.497 e. The van der Waals surface area contributed by atoms with Crippen molar-refractivity contribution in [2.75, 3.05) is 17.0 Å². The third-order valence-corrected chi connectivity index (χ3v) is 5.76. The van der Waals surface area contributed by atoms with Crippen molar-refractivity contribution in [2.24, 2.45) is 11.0 Å². The molecule has 6 nitrogen and oxygen atoms in total. The average Bonchev–Trinajstić information content (AvgIpc) is 3.31. The first-order chi connectivity index (χ1) is 15.1. The van der Waals surface area contributed by atoms with Crippen molar-refractivity contribution in [3.05, 3.63) is 89.4 Å². The molecule has 2 unspecified atom stereocenters. The maximum Gasteiger partial charge on any atom is 0.259 e. The maximum absolute atomic E-state index is 13.5. The number of rotatable bonds is 4. The first kappa shape index (κ1) is 19.3. The zero-order valence-electron chi connectivity index (χ0n) is 16.6. The molecule has 2 aliphatic heterocycles. The van der Waals surface area contributed by atoms with Gasteiger partial charge >= 0.3 is 0 Å². The molecule has 1 saturated heterocycles. The monoisotopic (exact) mass is 431 g/mol. The fourth-order valence-corrected chi connectivity index (χ4v) is 4.26. The van der Waals surface area contributed by atoms with Crippen LogP contribution < -0.4 is 14.6 Å². The van der Waals surface area contributed by atoms with Crippen molar-refractivity contribution in [3.8, 4) is 5.75 Å². The van der Waals surface area contributed by atoms with Gasteiger partial charge in [0.25, 0.3) is 5.91 Å². The summed E-state index contributed by atoms with van der Waals surface area (Å²) in [7, 11) is 1.59. The lowest BCUT2D eigenvalue weighted by atomic mass is 9.93. The number of benzene rings is 3. The number of hydrazone groups is 1. The SMILES string of the molecule is COc1ccc(C2=NN(c3ccccc3)C3C(=O)N(c4cccc(Cl)c4)C(=O)C23)cc1. The second kappa shape index (κ2) is 7.56. The molecule has 0 spiro atoms. The summed E-state index contributed by atoms with van der Waals surface area (Å²) in [5.41, 5.74) is 2.52. The number of fused-ring (bicyclic) bond motifs is 1. The number of carbonyl (C=O) groups excluding carboxylic acids is 2. The van der Waals surface area contributed by atoms with Crippen LogP contribution in [0.1, 0.15) is 5.56 Å². The van der Waals surface area contributed by atoms with Crippen molar-refractivity contribution in [1.29, 1.82) is 0 Å². The molecule has 2 aliphatic rings. The Balaban J connectivity index is 1.62. The van der Waals surface area contributed by atoms with E-state index in [0.29, 0.717) is 22.2 Å². The predicted molar refractivity (Wildman–Crippen MR) is 120 cm³/mol. The molecule has 7 heteroatoms. The van der Waals surface area contributed by atoms with Crippen LogP contribution in [0, 0.1) is 5.92 Å². The van der Waals surface area contributed by atoms with E-state index in [2.05, 4.69) is 0 Å². The number of methoxy groups -OCH3 is 1. The van der Waals surface area contributed by atoms with Crippen molar-refractivity contribution >= 4 is 40.5 Å². The molecule has 3 aromatic carbocycles. The first-order valence-electron chi connectivity index (χ1n) is 9.79. The largest absolute Gasteiger partial charge is 0.497 e. The molecule has 2 amide bonds. The van der Waals surface area contributed by atoms with Gasteiger partial charge in [0, 0.05) is 5.02 Å². The summed E-state index contributed by atoms with van der Waals surface area (Å²) < 4.78 is 5.24. The number of ether oxygens (including phenoxy) is 1.